The molecule has 3 rings (SSSR count). The lowest BCUT2D eigenvalue weighted by atomic mass is 10.2. The van der Waals surface area contributed by atoms with E-state index in [9.17, 15) is 0 Å². The number of hydrogen-bond acceptors (Lipinski definition) is 3. The predicted molar refractivity (Wildman–Crippen MR) is 71.7 cm³/mol. The van der Waals surface area contributed by atoms with E-state index in [1.165, 1.54) is 0 Å². The minimum Gasteiger partial charge on any atom is -0.459 e. The molecular weight excluding hydrogens is 250 g/mol. The van der Waals surface area contributed by atoms with Crippen LogP contribution in [-0.4, -0.2) is 9.78 Å². The van der Waals surface area contributed by atoms with Crippen LogP contribution in [0.2, 0.25) is 5.02 Å². The van der Waals surface area contributed by atoms with Crippen molar-refractivity contribution in [1.82, 2.24) is 9.78 Å². The zero-order valence-electron chi connectivity index (χ0n) is 9.85. The van der Waals surface area contributed by atoms with Crippen LogP contribution in [0.5, 0.6) is 0 Å². The number of aryl methyl sites for hydroxylation is 1. The average Bonchev–Trinajstić information content (AvgIpc) is 2.87. The summed E-state index contributed by atoms with van der Waals surface area (Å²) in [5.74, 6) is 1.27. The van der Waals surface area contributed by atoms with Gasteiger partial charge in [0.15, 0.2) is 0 Å². The SMILES string of the molecule is Cc1nn(Cc2cc3ccccc3o2)c(N)c1Cl. The van der Waals surface area contributed by atoms with E-state index in [1.807, 2.05) is 37.3 Å². The minimum absolute atomic E-state index is 0.467. The van der Waals surface area contributed by atoms with Crippen molar-refractivity contribution in [2.75, 3.05) is 5.73 Å². The standard InChI is InChI=1S/C13H12ClN3O/c1-8-12(14)13(15)17(16-8)7-10-6-9-4-2-3-5-11(9)18-10/h2-6H,7,15H2,1H3. The molecule has 0 amide bonds. The molecule has 0 fully saturated rings. The highest BCUT2D eigenvalue weighted by atomic mass is 35.5. The lowest BCUT2D eigenvalue weighted by molar-refractivity contribution is 0.511. The van der Waals surface area contributed by atoms with Crippen molar-refractivity contribution in [3.8, 4) is 0 Å². The molecule has 18 heavy (non-hydrogen) atoms. The molecule has 0 aliphatic carbocycles. The fraction of sp³-hybridized carbons (Fsp3) is 0.154. The molecule has 0 unspecified atom stereocenters. The third kappa shape index (κ3) is 1.75. The Labute approximate surface area is 109 Å². The molecule has 0 bridgehead atoms. The molecule has 2 heterocycles. The molecule has 4 nitrogen and oxygen atoms in total. The van der Waals surface area contributed by atoms with Gasteiger partial charge in [0.2, 0.25) is 0 Å². The lowest BCUT2D eigenvalue weighted by Crippen LogP contribution is -2.05. The van der Waals surface area contributed by atoms with Gasteiger partial charge in [-0.3, -0.25) is 0 Å². The molecule has 0 aliphatic heterocycles. The zero-order chi connectivity index (χ0) is 12.7. The van der Waals surface area contributed by atoms with Crippen molar-refractivity contribution in [3.05, 3.63) is 46.8 Å². The van der Waals surface area contributed by atoms with E-state index in [-0.39, 0.29) is 0 Å². The van der Waals surface area contributed by atoms with Crippen LogP contribution in [0, 0.1) is 6.92 Å². The lowest BCUT2D eigenvalue weighted by Gasteiger charge is -2.00. The van der Waals surface area contributed by atoms with Crippen molar-refractivity contribution in [2.24, 2.45) is 0 Å². The van der Waals surface area contributed by atoms with Crippen molar-refractivity contribution >= 4 is 28.4 Å². The quantitative estimate of drug-likeness (QED) is 0.771. The van der Waals surface area contributed by atoms with Gasteiger partial charge in [-0.05, 0) is 19.1 Å². The van der Waals surface area contributed by atoms with Gasteiger partial charge in [0, 0.05) is 5.39 Å². The van der Waals surface area contributed by atoms with E-state index in [1.54, 1.807) is 4.68 Å². The third-order valence-corrected chi connectivity index (χ3v) is 3.34. The maximum atomic E-state index is 6.00. The van der Waals surface area contributed by atoms with Crippen LogP contribution in [-0.2, 0) is 6.54 Å². The van der Waals surface area contributed by atoms with Gasteiger partial charge in [-0.2, -0.15) is 5.10 Å². The molecule has 5 heteroatoms. The van der Waals surface area contributed by atoms with Gasteiger partial charge in [-0.1, -0.05) is 29.8 Å². The number of nitrogens with two attached hydrogens (primary N) is 1. The van der Waals surface area contributed by atoms with E-state index < -0.39 is 0 Å². The first-order valence-corrected chi connectivity index (χ1v) is 5.99. The van der Waals surface area contributed by atoms with Crippen LogP contribution in [0.25, 0.3) is 11.0 Å². The van der Waals surface area contributed by atoms with Crippen LogP contribution in [0.3, 0.4) is 0 Å². The second-order valence-electron chi connectivity index (χ2n) is 4.19. The maximum absolute atomic E-state index is 6.00. The first-order chi connectivity index (χ1) is 8.65. The third-order valence-electron chi connectivity index (χ3n) is 2.87. The van der Waals surface area contributed by atoms with E-state index in [4.69, 9.17) is 21.8 Å². The first-order valence-electron chi connectivity index (χ1n) is 5.61. The smallest absolute Gasteiger partial charge is 0.141 e. The zero-order valence-corrected chi connectivity index (χ0v) is 10.6. The summed E-state index contributed by atoms with van der Waals surface area (Å²) in [6.45, 7) is 2.31. The largest absolute Gasteiger partial charge is 0.459 e. The Morgan fingerprint density at radius 3 is 2.83 bits per heavy atom. The van der Waals surface area contributed by atoms with E-state index in [0.29, 0.717) is 17.4 Å². The Hall–Kier alpha value is -1.94. The van der Waals surface area contributed by atoms with Crippen molar-refractivity contribution in [2.45, 2.75) is 13.5 Å². The highest BCUT2D eigenvalue weighted by Gasteiger charge is 2.12. The Morgan fingerprint density at radius 2 is 2.17 bits per heavy atom. The topological polar surface area (TPSA) is 57.0 Å². The second-order valence-corrected chi connectivity index (χ2v) is 4.57. The van der Waals surface area contributed by atoms with Crippen molar-refractivity contribution in [1.29, 1.82) is 0 Å². The van der Waals surface area contributed by atoms with Gasteiger partial charge in [0.1, 0.15) is 28.7 Å². The maximum Gasteiger partial charge on any atom is 0.141 e. The fourth-order valence-corrected chi connectivity index (χ4v) is 2.10. The highest BCUT2D eigenvalue weighted by molar-refractivity contribution is 6.33. The monoisotopic (exact) mass is 261 g/mol. The number of furan rings is 1. The average molecular weight is 262 g/mol. The van der Waals surface area contributed by atoms with Crippen LogP contribution in [0.15, 0.2) is 34.7 Å². The second kappa shape index (κ2) is 4.07. The van der Waals surface area contributed by atoms with Crippen molar-refractivity contribution in [3.63, 3.8) is 0 Å². The Bertz CT molecular complexity index is 681. The summed E-state index contributed by atoms with van der Waals surface area (Å²) in [4.78, 5) is 0. The number of nitrogen functional groups attached to an aromatic ring is 1. The number of rotatable bonds is 2. The summed E-state index contributed by atoms with van der Waals surface area (Å²) in [7, 11) is 0. The van der Waals surface area contributed by atoms with Gasteiger partial charge in [0.25, 0.3) is 0 Å². The van der Waals surface area contributed by atoms with Gasteiger partial charge < -0.3 is 10.2 Å². The van der Waals surface area contributed by atoms with Crippen LogP contribution in [0.1, 0.15) is 11.5 Å². The molecule has 1 aromatic carbocycles. The Morgan fingerprint density at radius 1 is 1.39 bits per heavy atom. The number of hydrogen-bond donors (Lipinski definition) is 1. The van der Waals surface area contributed by atoms with E-state index in [0.717, 1.165) is 22.4 Å². The van der Waals surface area contributed by atoms with Crippen LogP contribution < -0.4 is 5.73 Å². The molecule has 0 saturated carbocycles. The summed E-state index contributed by atoms with van der Waals surface area (Å²) in [6.07, 6.45) is 0. The number of aromatic nitrogens is 2. The number of anilines is 1. The normalized spacial score (nSPS) is 11.2. The first kappa shape index (κ1) is 11.2. The Kier molecular flexibility index (Phi) is 2.52. The predicted octanol–water partition coefficient (Wildman–Crippen LogP) is 3.22. The number of halogens is 1. The molecule has 0 aliphatic rings. The number of para-hydroxylation sites is 1. The summed E-state index contributed by atoms with van der Waals surface area (Å²) >= 11 is 6.00. The highest BCUT2D eigenvalue weighted by Crippen LogP contribution is 2.24. The molecule has 0 atom stereocenters. The van der Waals surface area contributed by atoms with Crippen molar-refractivity contribution < 1.29 is 4.42 Å². The summed E-state index contributed by atoms with van der Waals surface area (Å²) in [6, 6.07) is 9.85. The van der Waals surface area contributed by atoms with Gasteiger partial charge >= 0.3 is 0 Å². The van der Waals surface area contributed by atoms with Gasteiger partial charge in [-0.25, -0.2) is 4.68 Å². The Balaban J connectivity index is 1.98. The summed E-state index contributed by atoms with van der Waals surface area (Å²) in [5, 5.41) is 5.85. The molecule has 0 spiro atoms. The van der Waals surface area contributed by atoms with Gasteiger partial charge in [-0.15, -0.1) is 0 Å². The minimum atomic E-state index is 0.467. The molecule has 92 valence electrons. The number of fused-ring (bicyclic) bond motifs is 1. The number of benzene rings is 1. The molecule has 3 aromatic rings. The van der Waals surface area contributed by atoms with E-state index >= 15 is 0 Å². The number of nitrogens with zero attached hydrogens (tertiary/aromatic N) is 2. The molecular formula is C13H12ClN3O. The summed E-state index contributed by atoms with van der Waals surface area (Å²) < 4.78 is 7.36. The van der Waals surface area contributed by atoms with Crippen LogP contribution >= 0.6 is 11.6 Å². The molecule has 2 N–H and O–H groups in total. The molecule has 0 saturated heterocycles. The van der Waals surface area contributed by atoms with E-state index in [2.05, 4.69) is 5.10 Å². The molecule has 0 radical (unpaired) electrons. The fourth-order valence-electron chi connectivity index (χ4n) is 1.96. The van der Waals surface area contributed by atoms with Crippen LogP contribution in [0.4, 0.5) is 5.82 Å². The van der Waals surface area contributed by atoms with Gasteiger partial charge in [0.05, 0.1) is 5.69 Å². The summed E-state index contributed by atoms with van der Waals surface area (Å²) in [5.41, 5.74) is 7.46. The molecule has 2 aromatic heterocycles.